The van der Waals surface area contributed by atoms with Gasteiger partial charge in [-0.25, -0.2) is 9.97 Å². The number of carbonyl (C=O) groups is 1. The van der Waals surface area contributed by atoms with Crippen molar-refractivity contribution in [3.05, 3.63) is 45.5 Å². The Morgan fingerprint density at radius 2 is 1.91 bits per heavy atom. The molecule has 3 aromatic rings. The molecule has 0 aromatic carbocycles. The van der Waals surface area contributed by atoms with Gasteiger partial charge < -0.3 is 9.64 Å². The zero-order valence-corrected chi connectivity index (χ0v) is 20.8. The van der Waals surface area contributed by atoms with Crippen molar-refractivity contribution < 1.29 is 9.53 Å². The quantitative estimate of drug-likeness (QED) is 0.528. The number of ether oxygens (including phenoxy) is 1. The Hall–Kier alpha value is -2.58. The summed E-state index contributed by atoms with van der Waals surface area (Å²) in [4.78, 5) is 27.8. The number of hydrogen-bond acceptors (Lipinski definition) is 6. The zero-order chi connectivity index (χ0) is 23.4. The lowest BCUT2D eigenvalue weighted by Gasteiger charge is -2.39. The fourth-order valence-electron chi connectivity index (χ4n) is 6.67. The molecule has 2 saturated carbocycles. The van der Waals surface area contributed by atoms with E-state index in [2.05, 4.69) is 34.9 Å². The molecule has 8 heteroatoms. The Balaban J connectivity index is 1.35. The molecule has 2 aliphatic carbocycles. The fraction of sp³-hybridized carbons (Fsp3) is 0.538. The lowest BCUT2D eigenvalue weighted by Crippen LogP contribution is -2.42. The second-order valence-electron chi connectivity index (χ2n) is 10.3. The Morgan fingerprint density at radius 3 is 2.62 bits per heavy atom. The Kier molecular flexibility index (Phi) is 5.53. The van der Waals surface area contributed by atoms with Gasteiger partial charge in [-0.3, -0.25) is 4.79 Å². The summed E-state index contributed by atoms with van der Waals surface area (Å²) in [5, 5.41) is 4.58. The first-order valence-electron chi connectivity index (χ1n) is 12.3. The third kappa shape index (κ3) is 3.77. The van der Waals surface area contributed by atoms with Gasteiger partial charge in [0.05, 0.1) is 29.8 Å². The normalized spacial score (nSPS) is 25.7. The van der Waals surface area contributed by atoms with Gasteiger partial charge >= 0.3 is 0 Å². The lowest BCUT2D eigenvalue weighted by atomic mass is 9.68. The summed E-state index contributed by atoms with van der Waals surface area (Å²) in [6.07, 6.45) is 9.66. The maximum Gasteiger partial charge on any atom is 0.257 e. The molecule has 4 aliphatic rings. The molecule has 2 unspecified atom stereocenters. The summed E-state index contributed by atoms with van der Waals surface area (Å²) in [5.41, 5.74) is 3.30. The van der Waals surface area contributed by atoms with Crippen molar-refractivity contribution in [2.45, 2.75) is 58.6 Å². The summed E-state index contributed by atoms with van der Waals surface area (Å²) in [6.45, 7) is 5.36. The third-order valence-corrected chi connectivity index (χ3v) is 8.86. The van der Waals surface area contributed by atoms with E-state index < -0.39 is 0 Å². The smallest absolute Gasteiger partial charge is 0.257 e. The number of aryl methyl sites for hydroxylation is 2. The number of hydrogen-bond donors (Lipinski definition) is 0. The van der Waals surface area contributed by atoms with Gasteiger partial charge in [0.25, 0.3) is 11.9 Å². The van der Waals surface area contributed by atoms with Crippen molar-refractivity contribution >= 4 is 17.2 Å². The number of methoxy groups -OCH3 is 1. The van der Waals surface area contributed by atoms with E-state index >= 15 is 0 Å². The van der Waals surface area contributed by atoms with Crippen molar-refractivity contribution in [3.8, 4) is 17.2 Å². The molecule has 0 N–H and O–H groups in total. The van der Waals surface area contributed by atoms with Crippen LogP contribution < -0.4 is 0 Å². The molecule has 2 atom stereocenters. The highest BCUT2D eigenvalue weighted by atomic mass is 32.1. The van der Waals surface area contributed by atoms with Gasteiger partial charge in [0.2, 0.25) is 0 Å². The van der Waals surface area contributed by atoms with Crippen LogP contribution in [0.5, 0.6) is 0 Å². The van der Waals surface area contributed by atoms with Crippen molar-refractivity contribution in [1.82, 2.24) is 24.6 Å². The maximum atomic E-state index is 13.9. The second-order valence-corrected chi connectivity index (χ2v) is 11.8. The molecule has 4 fully saturated rings. The summed E-state index contributed by atoms with van der Waals surface area (Å²) in [6, 6.07) is 4.43. The minimum atomic E-state index is 0.0805. The van der Waals surface area contributed by atoms with Crippen LogP contribution in [0.2, 0.25) is 0 Å². The molecule has 3 aromatic heterocycles. The third-order valence-electron chi connectivity index (χ3n) is 7.90. The van der Waals surface area contributed by atoms with Crippen LogP contribution in [0.1, 0.15) is 57.9 Å². The number of nitrogens with zero attached hydrogens (tertiary/aromatic N) is 5. The summed E-state index contributed by atoms with van der Waals surface area (Å²) < 4.78 is 7.19. The van der Waals surface area contributed by atoms with Gasteiger partial charge in [-0.05, 0) is 75.8 Å². The van der Waals surface area contributed by atoms with Crippen LogP contribution in [0.15, 0.2) is 24.5 Å². The van der Waals surface area contributed by atoms with Crippen LogP contribution >= 0.6 is 11.3 Å². The number of thiophene rings is 1. The summed E-state index contributed by atoms with van der Waals surface area (Å²) in [5.74, 6) is 2.77. The molecule has 2 aliphatic heterocycles. The van der Waals surface area contributed by atoms with Crippen LogP contribution in [0.3, 0.4) is 0 Å². The minimum Gasteiger partial charge on any atom is -0.378 e. The number of carbonyl (C=O) groups excluding carboxylic acids is 1. The van der Waals surface area contributed by atoms with E-state index in [0.717, 1.165) is 42.5 Å². The number of fused-ring (bicyclic) bond motifs is 1. The maximum absolute atomic E-state index is 13.9. The summed E-state index contributed by atoms with van der Waals surface area (Å²) >= 11 is 1.76. The van der Waals surface area contributed by atoms with E-state index in [1.54, 1.807) is 35.5 Å². The molecule has 2 saturated heterocycles. The first-order chi connectivity index (χ1) is 16.5. The van der Waals surface area contributed by atoms with Crippen molar-refractivity contribution in [2.24, 2.45) is 17.8 Å². The molecule has 4 bridgehead atoms. The van der Waals surface area contributed by atoms with Crippen LogP contribution in [0.25, 0.3) is 17.2 Å². The second kappa shape index (κ2) is 8.57. The molecule has 178 valence electrons. The van der Waals surface area contributed by atoms with Crippen molar-refractivity contribution in [3.63, 3.8) is 0 Å². The van der Waals surface area contributed by atoms with E-state index in [1.165, 1.54) is 29.0 Å². The van der Waals surface area contributed by atoms with Crippen LogP contribution in [-0.2, 0) is 11.3 Å². The number of amides is 1. The highest BCUT2D eigenvalue weighted by Crippen LogP contribution is 2.47. The molecule has 7 rings (SSSR count). The Morgan fingerprint density at radius 1 is 1.15 bits per heavy atom. The molecule has 0 spiro atoms. The van der Waals surface area contributed by atoms with Crippen LogP contribution in [0.4, 0.5) is 0 Å². The van der Waals surface area contributed by atoms with E-state index in [-0.39, 0.29) is 12.5 Å². The fourth-order valence-corrected chi connectivity index (χ4v) is 7.61. The predicted molar refractivity (Wildman–Crippen MR) is 131 cm³/mol. The molecule has 5 heterocycles. The van der Waals surface area contributed by atoms with E-state index in [1.807, 2.05) is 6.07 Å². The summed E-state index contributed by atoms with van der Waals surface area (Å²) in [7, 11) is 1.65. The molecule has 1 amide bonds. The predicted octanol–water partition coefficient (Wildman–Crippen LogP) is 4.80. The van der Waals surface area contributed by atoms with E-state index in [9.17, 15) is 4.79 Å². The highest BCUT2D eigenvalue weighted by molar-refractivity contribution is 7.12. The molecular formula is C26H31N5O2S. The van der Waals surface area contributed by atoms with Gasteiger partial charge in [-0.1, -0.05) is 0 Å². The van der Waals surface area contributed by atoms with Gasteiger partial charge in [-0.15, -0.1) is 11.3 Å². The average Bonchev–Trinajstić information content (AvgIpc) is 3.32. The van der Waals surface area contributed by atoms with Crippen molar-refractivity contribution in [1.29, 1.82) is 0 Å². The standard InChI is InChI=1S/C26H31N5O2S/c1-15-6-21(16(2)34-15)23-4-5-27-26(29-23)31-24(14-33-3)22(12-28-31)25(32)30-13-19-8-17-7-18(9-19)11-20(30)10-17/h4-6,12,17-20H,7-11,13-14H2,1-3H3. The first-order valence-corrected chi connectivity index (χ1v) is 13.1. The topological polar surface area (TPSA) is 73.1 Å². The van der Waals surface area contributed by atoms with Crippen LogP contribution in [0, 0.1) is 31.6 Å². The van der Waals surface area contributed by atoms with E-state index in [4.69, 9.17) is 9.72 Å². The molecule has 34 heavy (non-hydrogen) atoms. The average molecular weight is 478 g/mol. The Bertz CT molecular complexity index is 1220. The molecule has 0 radical (unpaired) electrons. The minimum absolute atomic E-state index is 0.0805. The highest BCUT2D eigenvalue weighted by Gasteiger charge is 2.44. The van der Waals surface area contributed by atoms with Crippen molar-refractivity contribution in [2.75, 3.05) is 13.7 Å². The van der Waals surface area contributed by atoms with Gasteiger partial charge in [0, 0.05) is 41.2 Å². The molecule has 7 nitrogen and oxygen atoms in total. The largest absolute Gasteiger partial charge is 0.378 e. The molecular weight excluding hydrogens is 446 g/mol. The van der Waals surface area contributed by atoms with E-state index in [0.29, 0.717) is 29.2 Å². The van der Waals surface area contributed by atoms with Gasteiger partial charge in [-0.2, -0.15) is 9.78 Å². The number of aromatic nitrogens is 4. The Labute approximate surface area is 204 Å². The SMILES string of the molecule is COCc1c(C(=O)N2CC3CC4CC(C3)CC2C4)cnn1-c1nccc(-c2cc(C)sc2C)n1. The first kappa shape index (κ1) is 21.9. The van der Waals surface area contributed by atoms with Crippen LogP contribution in [-0.4, -0.2) is 50.3 Å². The zero-order valence-electron chi connectivity index (χ0n) is 20.0. The monoisotopic (exact) mass is 477 g/mol. The van der Waals surface area contributed by atoms with Gasteiger partial charge in [0.1, 0.15) is 0 Å². The number of rotatable bonds is 5. The lowest BCUT2D eigenvalue weighted by molar-refractivity contribution is 0.0628. The van der Waals surface area contributed by atoms with Gasteiger partial charge in [0.15, 0.2) is 0 Å².